The van der Waals surface area contributed by atoms with E-state index >= 15 is 0 Å². The van der Waals surface area contributed by atoms with E-state index in [9.17, 15) is 4.79 Å². The number of aliphatic imine (C=N–C) groups is 1. The van der Waals surface area contributed by atoms with Crippen molar-refractivity contribution in [3.63, 3.8) is 0 Å². The van der Waals surface area contributed by atoms with Gasteiger partial charge in [-0.1, -0.05) is 12.8 Å². The summed E-state index contributed by atoms with van der Waals surface area (Å²) in [7, 11) is 0. The van der Waals surface area contributed by atoms with E-state index in [2.05, 4.69) is 20.4 Å². The first-order valence-electron chi connectivity index (χ1n) is 7.99. The lowest BCUT2D eigenvalue weighted by atomic mass is 10.0. The SMILES string of the molecule is O=C1NN=CC(=NC2CCN(CC3CCCC3)CC2)C1Cl. The lowest BCUT2D eigenvalue weighted by Crippen LogP contribution is -2.41. The molecule has 0 bridgehead atoms. The Hall–Kier alpha value is -0.940. The molecule has 3 aliphatic rings. The smallest absolute Gasteiger partial charge is 0.264 e. The zero-order valence-corrected chi connectivity index (χ0v) is 13.1. The number of hydrogen-bond donors (Lipinski definition) is 1. The van der Waals surface area contributed by atoms with Crippen molar-refractivity contribution in [2.45, 2.75) is 49.9 Å². The number of nitrogens with one attached hydrogen (secondary N) is 1. The molecule has 1 saturated heterocycles. The number of rotatable bonds is 3. The maximum Gasteiger partial charge on any atom is 0.264 e. The highest BCUT2D eigenvalue weighted by Gasteiger charge is 2.27. The van der Waals surface area contributed by atoms with Crippen LogP contribution in [0.15, 0.2) is 10.1 Å². The van der Waals surface area contributed by atoms with Crippen LogP contribution in [0.25, 0.3) is 0 Å². The summed E-state index contributed by atoms with van der Waals surface area (Å²) in [5.74, 6) is 0.630. The summed E-state index contributed by atoms with van der Waals surface area (Å²) in [6, 6.07) is 0.276. The third-order valence-electron chi connectivity index (χ3n) is 4.74. The van der Waals surface area contributed by atoms with Crippen LogP contribution >= 0.6 is 11.6 Å². The Kier molecular flexibility index (Phi) is 4.91. The van der Waals surface area contributed by atoms with Crippen LogP contribution in [0.5, 0.6) is 0 Å². The highest BCUT2D eigenvalue weighted by molar-refractivity contribution is 6.54. The molecule has 116 valence electrons. The number of halogens is 1. The largest absolute Gasteiger partial charge is 0.303 e. The molecule has 21 heavy (non-hydrogen) atoms. The molecular weight excluding hydrogens is 288 g/mol. The van der Waals surface area contributed by atoms with Gasteiger partial charge in [-0.25, -0.2) is 5.43 Å². The van der Waals surface area contributed by atoms with E-state index in [1.54, 1.807) is 6.21 Å². The summed E-state index contributed by atoms with van der Waals surface area (Å²) in [5, 5.41) is 3.09. The predicted octanol–water partition coefficient (Wildman–Crippen LogP) is 1.80. The van der Waals surface area contributed by atoms with Crippen molar-refractivity contribution >= 4 is 29.4 Å². The Balaban J connectivity index is 1.50. The fourth-order valence-electron chi connectivity index (χ4n) is 3.52. The van der Waals surface area contributed by atoms with Crippen molar-refractivity contribution < 1.29 is 4.79 Å². The first kappa shape index (κ1) is 15.0. The first-order valence-corrected chi connectivity index (χ1v) is 8.43. The number of amides is 1. The summed E-state index contributed by atoms with van der Waals surface area (Å²) in [6.45, 7) is 3.47. The molecule has 3 rings (SSSR count). The molecule has 2 aliphatic heterocycles. The Morgan fingerprint density at radius 2 is 2.00 bits per heavy atom. The number of hydrazone groups is 1. The van der Waals surface area contributed by atoms with Gasteiger partial charge in [-0.3, -0.25) is 9.79 Å². The van der Waals surface area contributed by atoms with Crippen molar-refractivity contribution in [3.05, 3.63) is 0 Å². The molecule has 0 radical (unpaired) electrons. The second kappa shape index (κ2) is 6.88. The van der Waals surface area contributed by atoms with Gasteiger partial charge in [0.15, 0.2) is 5.38 Å². The van der Waals surface area contributed by atoms with Gasteiger partial charge in [0.25, 0.3) is 5.91 Å². The van der Waals surface area contributed by atoms with Crippen molar-refractivity contribution in [2.24, 2.45) is 16.0 Å². The number of alkyl halides is 1. The quantitative estimate of drug-likeness (QED) is 0.808. The normalized spacial score (nSPS) is 31.0. The Morgan fingerprint density at radius 1 is 1.29 bits per heavy atom. The highest BCUT2D eigenvalue weighted by atomic mass is 35.5. The van der Waals surface area contributed by atoms with Crippen LogP contribution in [0.3, 0.4) is 0 Å². The summed E-state index contributed by atoms with van der Waals surface area (Å²) in [4.78, 5) is 18.7. The van der Waals surface area contributed by atoms with E-state index in [1.165, 1.54) is 32.2 Å². The summed E-state index contributed by atoms with van der Waals surface area (Å²) in [6.07, 6.45) is 9.30. The van der Waals surface area contributed by atoms with Crippen molar-refractivity contribution in [2.75, 3.05) is 19.6 Å². The minimum atomic E-state index is -0.695. The number of carbonyl (C=O) groups excluding carboxylic acids is 1. The third kappa shape index (κ3) is 3.83. The molecule has 6 heteroatoms. The van der Waals surface area contributed by atoms with E-state index in [1.807, 2.05) is 0 Å². The molecule has 1 N–H and O–H groups in total. The zero-order valence-electron chi connectivity index (χ0n) is 12.3. The molecule has 1 saturated carbocycles. The average molecular weight is 311 g/mol. The molecule has 1 amide bonds. The van der Waals surface area contributed by atoms with Gasteiger partial charge in [-0.15, -0.1) is 11.6 Å². The van der Waals surface area contributed by atoms with E-state index in [0.717, 1.165) is 31.8 Å². The van der Waals surface area contributed by atoms with E-state index in [0.29, 0.717) is 5.71 Å². The van der Waals surface area contributed by atoms with Crippen LogP contribution in [0, 0.1) is 5.92 Å². The second-order valence-corrected chi connectivity index (χ2v) is 6.77. The van der Waals surface area contributed by atoms with Crippen LogP contribution in [0.1, 0.15) is 38.5 Å². The monoisotopic (exact) mass is 310 g/mol. The minimum Gasteiger partial charge on any atom is -0.303 e. The second-order valence-electron chi connectivity index (χ2n) is 6.33. The molecule has 5 nitrogen and oxygen atoms in total. The molecule has 0 aromatic heterocycles. The zero-order chi connectivity index (χ0) is 14.7. The third-order valence-corrected chi connectivity index (χ3v) is 5.16. The van der Waals surface area contributed by atoms with Gasteiger partial charge in [-0.2, -0.15) is 5.10 Å². The lowest BCUT2D eigenvalue weighted by Gasteiger charge is -2.32. The first-order chi connectivity index (χ1) is 10.2. The van der Waals surface area contributed by atoms with Crippen LogP contribution in [0.4, 0.5) is 0 Å². The van der Waals surface area contributed by atoms with Crippen LogP contribution < -0.4 is 5.43 Å². The lowest BCUT2D eigenvalue weighted by molar-refractivity contribution is -0.119. The molecule has 0 aromatic rings. The standard InChI is InChI=1S/C15H23ClN4O/c16-14-13(9-17-19-15(14)21)18-12-5-7-20(8-6-12)10-11-3-1-2-4-11/h9,11-12,14H,1-8,10H2,(H,19,21). The number of likely N-dealkylation sites (tertiary alicyclic amines) is 1. The van der Waals surface area contributed by atoms with E-state index in [4.69, 9.17) is 11.6 Å². The van der Waals surface area contributed by atoms with E-state index < -0.39 is 5.38 Å². The molecule has 1 atom stereocenters. The topological polar surface area (TPSA) is 57.1 Å². The van der Waals surface area contributed by atoms with E-state index in [-0.39, 0.29) is 11.9 Å². The van der Waals surface area contributed by atoms with Gasteiger partial charge in [0, 0.05) is 19.6 Å². The molecule has 1 unspecified atom stereocenters. The molecule has 2 heterocycles. The molecule has 0 spiro atoms. The number of piperidine rings is 1. The number of hydrogen-bond acceptors (Lipinski definition) is 4. The number of carbonyl (C=O) groups is 1. The van der Waals surface area contributed by atoms with Gasteiger partial charge in [0.05, 0.1) is 18.0 Å². The van der Waals surface area contributed by atoms with Gasteiger partial charge >= 0.3 is 0 Å². The molecule has 0 aromatic carbocycles. The summed E-state index contributed by atoms with van der Waals surface area (Å²) < 4.78 is 0. The Labute approximate surface area is 130 Å². The van der Waals surface area contributed by atoms with Gasteiger partial charge in [0.1, 0.15) is 0 Å². The summed E-state index contributed by atoms with van der Waals surface area (Å²) in [5.41, 5.74) is 2.96. The van der Waals surface area contributed by atoms with Crippen LogP contribution in [-0.4, -0.2) is 53.8 Å². The minimum absolute atomic E-state index is 0.276. The maximum atomic E-state index is 11.4. The van der Waals surface area contributed by atoms with Crippen molar-refractivity contribution in [3.8, 4) is 0 Å². The molecular formula is C15H23ClN4O. The molecule has 2 fully saturated rings. The Bertz CT molecular complexity index is 437. The summed E-state index contributed by atoms with van der Waals surface area (Å²) >= 11 is 6.05. The van der Waals surface area contributed by atoms with Crippen LogP contribution in [0.2, 0.25) is 0 Å². The number of nitrogens with zero attached hydrogens (tertiary/aromatic N) is 3. The van der Waals surface area contributed by atoms with Crippen molar-refractivity contribution in [1.29, 1.82) is 0 Å². The fourth-order valence-corrected chi connectivity index (χ4v) is 3.68. The molecule has 1 aliphatic carbocycles. The Morgan fingerprint density at radius 3 is 2.71 bits per heavy atom. The van der Waals surface area contributed by atoms with Gasteiger partial charge < -0.3 is 4.90 Å². The van der Waals surface area contributed by atoms with Gasteiger partial charge in [-0.05, 0) is 31.6 Å². The van der Waals surface area contributed by atoms with Gasteiger partial charge in [0.2, 0.25) is 0 Å². The maximum absolute atomic E-state index is 11.4. The average Bonchev–Trinajstić information content (AvgIpc) is 2.99. The van der Waals surface area contributed by atoms with Crippen molar-refractivity contribution in [1.82, 2.24) is 10.3 Å². The predicted molar refractivity (Wildman–Crippen MR) is 85.1 cm³/mol. The highest BCUT2D eigenvalue weighted by Crippen LogP contribution is 2.26. The van der Waals surface area contributed by atoms with Crippen LogP contribution in [-0.2, 0) is 4.79 Å². The fraction of sp³-hybridized carbons (Fsp3) is 0.800.